The highest BCUT2D eigenvalue weighted by atomic mass is 35.5. The minimum Gasteiger partial charge on any atom is -0.487 e. The lowest BCUT2D eigenvalue weighted by atomic mass is 10.1. The summed E-state index contributed by atoms with van der Waals surface area (Å²) < 4.78 is 24.9. The van der Waals surface area contributed by atoms with E-state index in [9.17, 15) is 14.0 Å². The van der Waals surface area contributed by atoms with Gasteiger partial charge in [0.1, 0.15) is 11.7 Å². The topological polar surface area (TPSA) is 55.8 Å². The molecular weight excluding hydrogens is 337 g/mol. The van der Waals surface area contributed by atoms with Gasteiger partial charge in [0, 0.05) is 37.6 Å². The van der Waals surface area contributed by atoms with Crippen molar-refractivity contribution in [2.24, 2.45) is 0 Å². The van der Waals surface area contributed by atoms with Gasteiger partial charge in [-0.05, 0) is 26.8 Å². The van der Waals surface area contributed by atoms with E-state index in [4.69, 9.17) is 21.1 Å². The molecule has 24 heavy (non-hydrogen) atoms. The van der Waals surface area contributed by atoms with E-state index < -0.39 is 11.4 Å². The largest absolute Gasteiger partial charge is 0.487 e. The summed E-state index contributed by atoms with van der Waals surface area (Å²) in [6.07, 6.45) is 1.04. The smallest absolute Gasteiger partial charge is 0.410 e. The van der Waals surface area contributed by atoms with Gasteiger partial charge in [0.25, 0.3) is 0 Å². The zero-order chi connectivity index (χ0) is 17.9. The molecule has 0 unspecified atom stereocenters. The molecule has 0 atom stereocenters. The first-order valence-corrected chi connectivity index (χ1v) is 8.16. The molecule has 132 valence electrons. The SMILES string of the molecule is CC(C)(C)OC(=O)N1CCC(Oc2cc(Cl)c(C=O)cc2F)CC1. The van der Waals surface area contributed by atoms with Gasteiger partial charge in [0.15, 0.2) is 17.9 Å². The van der Waals surface area contributed by atoms with E-state index in [-0.39, 0.29) is 28.5 Å². The van der Waals surface area contributed by atoms with E-state index in [0.717, 1.165) is 6.07 Å². The molecule has 1 aromatic rings. The van der Waals surface area contributed by atoms with E-state index in [1.165, 1.54) is 6.07 Å². The number of halogens is 2. The van der Waals surface area contributed by atoms with E-state index in [0.29, 0.717) is 32.2 Å². The summed E-state index contributed by atoms with van der Waals surface area (Å²) in [6.45, 7) is 6.39. The monoisotopic (exact) mass is 357 g/mol. The maximum atomic E-state index is 13.9. The molecule has 0 bridgehead atoms. The second-order valence-corrected chi connectivity index (χ2v) is 7.11. The first kappa shape index (κ1) is 18.5. The van der Waals surface area contributed by atoms with Crippen molar-refractivity contribution >= 4 is 24.0 Å². The Kier molecular flexibility index (Phi) is 5.70. The van der Waals surface area contributed by atoms with Crippen LogP contribution in [0.4, 0.5) is 9.18 Å². The van der Waals surface area contributed by atoms with Crippen LogP contribution in [0.5, 0.6) is 5.75 Å². The normalized spacial score (nSPS) is 16.0. The number of hydrogen-bond donors (Lipinski definition) is 0. The molecule has 7 heteroatoms. The van der Waals surface area contributed by atoms with Crippen molar-refractivity contribution in [2.75, 3.05) is 13.1 Å². The number of nitrogens with zero attached hydrogens (tertiary/aromatic N) is 1. The van der Waals surface area contributed by atoms with Crippen LogP contribution in [0.1, 0.15) is 44.0 Å². The lowest BCUT2D eigenvalue weighted by Gasteiger charge is -2.33. The van der Waals surface area contributed by atoms with Crippen molar-refractivity contribution in [3.63, 3.8) is 0 Å². The van der Waals surface area contributed by atoms with Crippen LogP contribution in [0.25, 0.3) is 0 Å². The van der Waals surface area contributed by atoms with Crippen molar-refractivity contribution in [2.45, 2.75) is 45.3 Å². The Morgan fingerprint density at radius 1 is 1.33 bits per heavy atom. The van der Waals surface area contributed by atoms with Crippen LogP contribution in [-0.4, -0.2) is 42.1 Å². The summed E-state index contributed by atoms with van der Waals surface area (Å²) in [4.78, 5) is 24.4. The molecule has 1 heterocycles. The zero-order valence-corrected chi connectivity index (χ0v) is 14.7. The number of carbonyl (C=O) groups is 2. The van der Waals surface area contributed by atoms with Gasteiger partial charge >= 0.3 is 6.09 Å². The Labute approximate surface area is 145 Å². The van der Waals surface area contributed by atoms with Gasteiger partial charge in [-0.3, -0.25) is 4.79 Å². The number of amides is 1. The standard InChI is InChI=1S/C17H21ClFNO4/c1-17(2,3)24-16(22)20-6-4-12(5-7-20)23-15-9-13(18)11(10-21)8-14(15)19/h8-10,12H,4-7H2,1-3H3. The van der Waals surface area contributed by atoms with Crippen LogP contribution in [0, 0.1) is 5.82 Å². The predicted octanol–water partition coefficient (Wildman–Crippen LogP) is 4.07. The molecule has 0 spiro atoms. The third kappa shape index (κ3) is 4.84. The van der Waals surface area contributed by atoms with Gasteiger partial charge in [0.05, 0.1) is 5.02 Å². The summed E-state index contributed by atoms with van der Waals surface area (Å²) in [7, 11) is 0. The lowest BCUT2D eigenvalue weighted by molar-refractivity contribution is 0.0123. The molecule has 2 rings (SSSR count). The molecule has 1 aromatic carbocycles. The Bertz CT molecular complexity index is 622. The van der Waals surface area contributed by atoms with Crippen molar-refractivity contribution < 1.29 is 23.5 Å². The third-order valence-electron chi connectivity index (χ3n) is 3.57. The minimum atomic E-state index is -0.629. The molecule has 1 saturated heterocycles. The number of carbonyl (C=O) groups excluding carboxylic acids is 2. The highest BCUT2D eigenvalue weighted by Gasteiger charge is 2.28. The van der Waals surface area contributed by atoms with Gasteiger partial charge in [0.2, 0.25) is 0 Å². The van der Waals surface area contributed by atoms with E-state index in [1.807, 2.05) is 20.8 Å². The van der Waals surface area contributed by atoms with Crippen molar-refractivity contribution in [3.8, 4) is 5.75 Å². The molecular formula is C17H21ClFNO4. The molecule has 0 aliphatic carbocycles. The first-order chi connectivity index (χ1) is 11.2. The fraction of sp³-hybridized carbons (Fsp3) is 0.529. The average molecular weight is 358 g/mol. The van der Waals surface area contributed by atoms with Crippen LogP contribution in [0.2, 0.25) is 5.02 Å². The lowest BCUT2D eigenvalue weighted by Crippen LogP contribution is -2.44. The van der Waals surface area contributed by atoms with Crippen LogP contribution in [-0.2, 0) is 4.74 Å². The number of hydrogen-bond acceptors (Lipinski definition) is 4. The molecule has 1 aliphatic rings. The molecule has 1 aliphatic heterocycles. The van der Waals surface area contributed by atoms with Gasteiger partial charge in [-0.2, -0.15) is 0 Å². The molecule has 0 N–H and O–H groups in total. The van der Waals surface area contributed by atoms with Crippen molar-refractivity contribution in [3.05, 3.63) is 28.5 Å². The van der Waals surface area contributed by atoms with Gasteiger partial charge < -0.3 is 14.4 Å². The summed E-state index contributed by atoms with van der Waals surface area (Å²) in [6, 6.07) is 2.36. The fourth-order valence-electron chi connectivity index (χ4n) is 2.39. The van der Waals surface area contributed by atoms with Gasteiger partial charge in [-0.25, -0.2) is 9.18 Å². The Hall–Kier alpha value is -1.82. The van der Waals surface area contributed by atoms with Crippen molar-refractivity contribution in [1.29, 1.82) is 0 Å². The molecule has 5 nitrogen and oxygen atoms in total. The van der Waals surface area contributed by atoms with Gasteiger partial charge in [-0.1, -0.05) is 11.6 Å². The second kappa shape index (κ2) is 7.38. The number of aldehydes is 1. The van der Waals surface area contributed by atoms with Crippen LogP contribution in [0.3, 0.4) is 0 Å². The molecule has 1 amide bonds. The van der Waals surface area contributed by atoms with E-state index in [2.05, 4.69) is 0 Å². The summed E-state index contributed by atoms with van der Waals surface area (Å²) in [5, 5.41) is 0.146. The Morgan fingerprint density at radius 3 is 2.50 bits per heavy atom. The third-order valence-corrected chi connectivity index (χ3v) is 3.89. The average Bonchev–Trinajstić information content (AvgIpc) is 2.49. The van der Waals surface area contributed by atoms with Crippen LogP contribution < -0.4 is 4.74 Å². The Balaban J connectivity index is 1.93. The fourth-order valence-corrected chi connectivity index (χ4v) is 2.59. The van der Waals surface area contributed by atoms with Crippen molar-refractivity contribution in [1.82, 2.24) is 4.90 Å². The molecule has 0 radical (unpaired) electrons. The number of piperidine rings is 1. The van der Waals surface area contributed by atoms with Crippen LogP contribution >= 0.6 is 11.6 Å². The zero-order valence-electron chi connectivity index (χ0n) is 14.0. The molecule has 1 fully saturated rings. The van der Waals surface area contributed by atoms with Crippen LogP contribution in [0.15, 0.2) is 12.1 Å². The molecule has 0 saturated carbocycles. The van der Waals surface area contributed by atoms with E-state index >= 15 is 0 Å². The number of rotatable bonds is 3. The maximum absolute atomic E-state index is 13.9. The summed E-state index contributed by atoms with van der Waals surface area (Å²) in [5.41, 5.74) is -0.453. The summed E-state index contributed by atoms with van der Waals surface area (Å²) in [5.74, 6) is -0.614. The number of ether oxygens (including phenoxy) is 2. The molecule has 0 aromatic heterocycles. The number of benzene rings is 1. The first-order valence-electron chi connectivity index (χ1n) is 7.78. The van der Waals surface area contributed by atoms with Gasteiger partial charge in [-0.15, -0.1) is 0 Å². The predicted molar refractivity (Wildman–Crippen MR) is 88.3 cm³/mol. The Morgan fingerprint density at radius 2 is 1.96 bits per heavy atom. The number of likely N-dealkylation sites (tertiary alicyclic amines) is 1. The quantitative estimate of drug-likeness (QED) is 0.765. The highest BCUT2D eigenvalue weighted by molar-refractivity contribution is 6.33. The summed E-state index contributed by atoms with van der Waals surface area (Å²) >= 11 is 5.90. The van der Waals surface area contributed by atoms with E-state index in [1.54, 1.807) is 4.90 Å². The highest BCUT2D eigenvalue weighted by Crippen LogP contribution is 2.28. The maximum Gasteiger partial charge on any atom is 0.410 e. The minimum absolute atomic E-state index is 0.0151. The second-order valence-electron chi connectivity index (χ2n) is 6.71.